The first kappa shape index (κ1) is 30.8. The Morgan fingerprint density at radius 2 is 1.10 bits per heavy atom. The highest BCUT2D eigenvalue weighted by Crippen LogP contribution is 2.60. The zero-order valence-electron chi connectivity index (χ0n) is 28.9. The van der Waals surface area contributed by atoms with Crippen molar-refractivity contribution in [1.29, 1.82) is 5.26 Å². The molecule has 5 heteroatoms. The van der Waals surface area contributed by atoms with E-state index in [1.54, 1.807) is 0 Å². The molecule has 2 aromatic heterocycles. The maximum atomic E-state index is 9.48. The van der Waals surface area contributed by atoms with Gasteiger partial charge in [0.1, 0.15) is 0 Å². The second-order valence-corrected chi connectivity index (χ2v) is 15.3. The van der Waals surface area contributed by atoms with Crippen LogP contribution in [0.1, 0.15) is 49.7 Å². The average Bonchev–Trinajstić information content (AvgIpc) is 3.20. The summed E-state index contributed by atoms with van der Waals surface area (Å²) in [6.45, 7) is 0. The van der Waals surface area contributed by atoms with Crippen molar-refractivity contribution in [3.8, 4) is 62.5 Å². The van der Waals surface area contributed by atoms with Crippen LogP contribution < -0.4 is 0 Å². The zero-order chi connectivity index (χ0) is 34.6. The molecule has 4 bridgehead atoms. The number of rotatable bonds is 6. The fourth-order valence-electron chi connectivity index (χ4n) is 9.92. The molecule has 0 unspecified atom stereocenters. The van der Waals surface area contributed by atoms with Crippen LogP contribution in [0.2, 0.25) is 0 Å². The molecule has 11 rings (SSSR count). The van der Waals surface area contributed by atoms with E-state index in [-0.39, 0.29) is 0 Å². The van der Waals surface area contributed by atoms with Crippen molar-refractivity contribution in [2.75, 3.05) is 0 Å². The van der Waals surface area contributed by atoms with Crippen LogP contribution in [0.3, 0.4) is 0 Å². The highest BCUT2D eigenvalue weighted by Gasteiger charge is 2.51. The predicted octanol–water partition coefficient (Wildman–Crippen LogP) is 11.1. The van der Waals surface area contributed by atoms with Crippen molar-refractivity contribution in [3.63, 3.8) is 0 Å². The van der Waals surface area contributed by atoms with Crippen LogP contribution in [0, 0.1) is 29.1 Å². The van der Waals surface area contributed by atoms with Crippen molar-refractivity contribution < 1.29 is 0 Å². The molecule has 4 aliphatic carbocycles. The molecule has 0 spiro atoms. The summed E-state index contributed by atoms with van der Waals surface area (Å²) >= 11 is 0. The van der Waals surface area contributed by atoms with Gasteiger partial charge in [-0.2, -0.15) is 5.26 Å². The summed E-state index contributed by atoms with van der Waals surface area (Å²) in [6, 6.07) is 46.3. The van der Waals surface area contributed by atoms with Crippen molar-refractivity contribution >= 4 is 10.9 Å². The summed E-state index contributed by atoms with van der Waals surface area (Å²) in [4.78, 5) is 20.0. The van der Waals surface area contributed by atoms with Crippen LogP contribution in [-0.2, 0) is 5.41 Å². The molecule has 250 valence electrons. The molecule has 0 radical (unpaired) electrons. The summed E-state index contributed by atoms with van der Waals surface area (Å²) in [5.74, 6) is 4.59. The normalized spacial score (nSPS) is 21.6. The molecule has 0 aliphatic heterocycles. The van der Waals surface area contributed by atoms with Gasteiger partial charge in [-0.3, -0.25) is 4.98 Å². The minimum Gasteiger partial charge on any atom is -0.256 e. The fraction of sp³-hybridized carbons (Fsp3) is 0.213. The molecule has 5 aromatic carbocycles. The first-order chi connectivity index (χ1) is 25.6. The van der Waals surface area contributed by atoms with Crippen molar-refractivity contribution in [2.45, 2.75) is 43.9 Å². The topological polar surface area (TPSA) is 75.3 Å². The van der Waals surface area contributed by atoms with Gasteiger partial charge in [-0.1, -0.05) is 97.1 Å². The van der Waals surface area contributed by atoms with Crippen LogP contribution in [0.15, 0.2) is 134 Å². The molecule has 5 nitrogen and oxygen atoms in total. The summed E-state index contributed by atoms with van der Waals surface area (Å²) in [5, 5.41) is 10.6. The van der Waals surface area contributed by atoms with Gasteiger partial charge in [0.2, 0.25) is 0 Å². The van der Waals surface area contributed by atoms with Gasteiger partial charge in [-0.05, 0) is 120 Å². The van der Waals surface area contributed by atoms with Gasteiger partial charge in [0.15, 0.2) is 17.5 Å². The van der Waals surface area contributed by atoms with Gasteiger partial charge < -0.3 is 0 Å². The van der Waals surface area contributed by atoms with Crippen LogP contribution in [-0.4, -0.2) is 19.9 Å². The van der Waals surface area contributed by atoms with Crippen LogP contribution in [0.25, 0.3) is 67.3 Å². The Labute approximate surface area is 304 Å². The van der Waals surface area contributed by atoms with E-state index in [1.807, 2.05) is 42.6 Å². The number of fused-ring (bicyclic) bond motifs is 1. The molecule has 0 N–H and O–H groups in total. The quantitative estimate of drug-likeness (QED) is 0.176. The SMILES string of the molecule is N#Cc1ccc(-c2cc(-c3nc(-c4ccc(C56C[C@H]7C[C@H](C5)C[C@@H](C6)C7)cc4)nc(-c4ccc5cccnc5c4)n3)ccc2-c2ccccc2)cc1. The molecular weight excluding hydrogens is 635 g/mol. The lowest BCUT2D eigenvalue weighted by Crippen LogP contribution is -2.48. The third kappa shape index (κ3) is 5.47. The molecule has 4 aliphatic rings. The Morgan fingerprint density at radius 1 is 0.519 bits per heavy atom. The summed E-state index contributed by atoms with van der Waals surface area (Å²) < 4.78 is 0. The zero-order valence-corrected chi connectivity index (χ0v) is 28.9. The van der Waals surface area contributed by atoms with E-state index in [1.165, 1.54) is 44.1 Å². The van der Waals surface area contributed by atoms with Crippen LogP contribution >= 0.6 is 0 Å². The summed E-state index contributed by atoms with van der Waals surface area (Å²) in [7, 11) is 0. The Kier molecular flexibility index (Phi) is 7.32. The Balaban J connectivity index is 1.10. The number of benzene rings is 5. The molecule has 0 saturated heterocycles. The maximum Gasteiger partial charge on any atom is 0.164 e. The lowest BCUT2D eigenvalue weighted by Gasteiger charge is -2.57. The largest absolute Gasteiger partial charge is 0.256 e. The summed E-state index contributed by atoms with van der Waals surface area (Å²) in [6.07, 6.45) is 10.2. The first-order valence-corrected chi connectivity index (χ1v) is 18.5. The lowest BCUT2D eigenvalue weighted by molar-refractivity contribution is -0.00518. The molecule has 2 heterocycles. The monoisotopic (exact) mass is 671 g/mol. The number of hydrogen-bond acceptors (Lipinski definition) is 5. The first-order valence-electron chi connectivity index (χ1n) is 18.5. The number of nitrogens with zero attached hydrogens (tertiary/aromatic N) is 5. The Hall–Kier alpha value is -5.99. The highest BCUT2D eigenvalue weighted by molar-refractivity contribution is 5.87. The van der Waals surface area contributed by atoms with E-state index in [0.717, 1.165) is 67.6 Å². The van der Waals surface area contributed by atoms with Crippen LogP contribution in [0.4, 0.5) is 0 Å². The number of hydrogen-bond donors (Lipinski definition) is 0. The standard InChI is InChI=1S/C47H37N5/c48-29-30-8-10-35(11-9-30)42-24-38(16-19-41(42)34-5-2-1-3-6-34)45-50-44(51-46(52-45)39-13-12-36-7-4-20-49-43(36)25-39)37-14-17-40(18-15-37)47-26-31-21-32(27-47)23-33(22-31)28-47/h1-20,24-25,31-33H,21-23,26-28H2/t31-,32-,33-,47?. The Morgan fingerprint density at radius 3 is 1.77 bits per heavy atom. The van der Waals surface area contributed by atoms with Crippen LogP contribution in [0.5, 0.6) is 0 Å². The van der Waals surface area contributed by atoms with E-state index in [4.69, 9.17) is 15.0 Å². The minimum absolute atomic E-state index is 0.336. The van der Waals surface area contributed by atoms with E-state index in [0.29, 0.717) is 28.5 Å². The second-order valence-electron chi connectivity index (χ2n) is 15.3. The third-order valence-corrected chi connectivity index (χ3v) is 12.0. The van der Waals surface area contributed by atoms with Crippen molar-refractivity contribution in [2.24, 2.45) is 17.8 Å². The molecule has 4 saturated carbocycles. The molecule has 0 atom stereocenters. The molecule has 7 aromatic rings. The number of nitriles is 1. The van der Waals surface area contributed by atoms with Gasteiger partial charge in [0.05, 0.1) is 17.1 Å². The number of aromatic nitrogens is 4. The van der Waals surface area contributed by atoms with E-state index >= 15 is 0 Å². The maximum absolute atomic E-state index is 9.48. The van der Waals surface area contributed by atoms with Crippen molar-refractivity contribution in [1.82, 2.24) is 19.9 Å². The van der Waals surface area contributed by atoms with Gasteiger partial charge >= 0.3 is 0 Å². The Bertz CT molecular complexity index is 2460. The lowest BCUT2D eigenvalue weighted by atomic mass is 9.48. The third-order valence-electron chi connectivity index (χ3n) is 12.0. The smallest absolute Gasteiger partial charge is 0.164 e. The minimum atomic E-state index is 0.336. The molecule has 0 amide bonds. The van der Waals surface area contributed by atoms with E-state index in [9.17, 15) is 5.26 Å². The molecule has 52 heavy (non-hydrogen) atoms. The van der Waals surface area contributed by atoms with E-state index in [2.05, 4.69) is 102 Å². The molecule has 4 fully saturated rings. The van der Waals surface area contributed by atoms with Crippen molar-refractivity contribution in [3.05, 3.63) is 145 Å². The number of pyridine rings is 1. The van der Waals surface area contributed by atoms with Gasteiger partial charge in [-0.25, -0.2) is 15.0 Å². The highest BCUT2D eigenvalue weighted by atomic mass is 15.0. The van der Waals surface area contributed by atoms with Gasteiger partial charge in [-0.15, -0.1) is 0 Å². The second kappa shape index (κ2) is 12.4. The summed E-state index contributed by atoms with van der Waals surface area (Å²) in [5.41, 5.74) is 10.4. The molecular formula is C47H37N5. The predicted molar refractivity (Wildman–Crippen MR) is 207 cm³/mol. The van der Waals surface area contributed by atoms with E-state index < -0.39 is 0 Å². The van der Waals surface area contributed by atoms with Gasteiger partial charge in [0, 0.05) is 28.3 Å². The van der Waals surface area contributed by atoms with Gasteiger partial charge in [0.25, 0.3) is 0 Å². The average molecular weight is 672 g/mol. The fourth-order valence-corrected chi connectivity index (χ4v) is 9.92.